The lowest BCUT2D eigenvalue weighted by atomic mass is 10.1. The maximum Gasteiger partial charge on any atom is 0.124 e. The van der Waals surface area contributed by atoms with Crippen LogP contribution in [0.3, 0.4) is 0 Å². The molecule has 0 aliphatic heterocycles. The van der Waals surface area contributed by atoms with Gasteiger partial charge in [0.2, 0.25) is 0 Å². The maximum absolute atomic E-state index is 9.85. The molecule has 23 heavy (non-hydrogen) atoms. The summed E-state index contributed by atoms with van der Waals surface area (Å²) in [7, 11) is -1.70. The maximum atomic E-state index is 9.85. The quantitative estimate of drug-likeness (QED) is 0.815. The number of ether oxygens (including phenoxy) is 2. The highest BCUT2D eigenvalue weighted by atomic mass is 28.3. The number of aromatic hydroxyl groups is 1. The van der Waals surface area contributed by atoms with Crippen LogP contribution in [-0.2, 0) is 0 Å². The molecule has 0 unspecified atom stereocenters. The van der Waals surface area contributed by atoms with Crippen LogP contribution in [0.4, 0.5) is 0 Å². The van der Waals surface area contributed by atoms with Crippen LogP contribution in [0.5, 0.6) is 17.2 Å². The van der Waals surface area contributed by atoms with E-state index < -0.39 is 8.07 Å². The first-order chi connectivity index (χ1) is 10.8. The highest BCUT2D eigenvalue weighted by Crippen LogP contribution is 2.27. The van der Waals surface area contributed by atoms with Gasteiger partial charge in [-0.1, -0.05) is 30.4 Å². The largest absolute Gasteiger partial charge is 0.507 e. The van der Waals surface area contributed by atoms with Crippen LogP contribution >= 0.6 is 0 Å². The lowest BCUT2D eigenvalue weighted by Crippen LogP contribution is -2.47. The van der Waals surface area contributed by atoms with E-state index in [1.807, 2.05) is 45.0 Å². The second kappa shape index (κ2) is 7.09. The van der Waals surface area contributed by atoms with E-state index in [-0.39, 0.29) is 0 Å². The highest BCUT2D eigenvalue weighted by Gasteiger charge is 2.25. The summed E-state index contributed by atoms with van der Waals surface area (Å²) in [4.78, 5) is 0. The van der Waals surface area contributed by atoms with Gasteiger partial charge in [-0.25, -0.2) is 0 Å². The van der Waals surface area contributed by atoms with Crippen LogP contribution in [0.15, 0.2) is 36.4 Å². The van der Waals surface area contributed by atoms with Crippen molar-refractivity contribution >= 4 is 13.3 Å². The molecule has 2 rings (SSSR count). The Kier molecular flexibility index (Phi) is 5.37. The van der Waals surface area contributed by atoms with Crippen molar-refractivity contribution < 1.29 is 14.6 Å². The molecule has 0 aliphatic carbocycles. The summed E-state index contributed by atoms with van der Waals surface area (Å²) < 4.78 is 11.5. The van der Waals surface area contributed by atoms with Crippen LogP contribution < -0.4 is 14.7 Å². The average Bonchev–Trinajstić information content (AvgIpc) is 2.51. The Bertz CT molecular complexity index is 640. The molecule has 2 aromatic rings. The minimum atomic E-state index is -1.70. The third kappa shape index (κ3) is 4.29. The molecule has 0 aromatic heterocycles. The Balaban J connectivity index is 2.09. The van der Waals surface area contributed by atoms with Crippen LogP contribution in [0.25, 0.3) is 0 Å². The van der Waals surface area contributed by atoms with Crippen LogP contribution in [0.1, 0.15) is 18.1 Å². The molecule has 0 spiro atoms. The van der Waals surface area contributed by atoms with Gasteiger partial charge >= 0.3 is 0 Å². The van der Waals surface area contributed by atoms with Crippen molar-refractivity contribution in [2.45, 2.75) is 33.9 Å². The molecular formula is C19H26O3Si. The summed E-state index contributed by atoms with van der Waals surface area (Å²) in [6, 6.07) is 12.1. The molecule has 0 bridgehead atoms. The summed E-state index contributed by atoms with van der Waals surface area (Å²) in [6.45, 7) is 11.0. The first kappa shape index (κ1) is 17.4. The van der Waals surface area contributed by atoms with Crippen molar-refractivity contribution in [3.8, 4) is 17.2 Å². The Morgan fingerprint density at radius 3 is 2.00 bits per heavy atom. The van der Waals surface area contributed by atoms with Gasteiger partial charge in [-0.3, -0.25) is 0 Å². The average molecular weight is 330 g/mol. The van der Waals surface area contributed by atoms with Gasteiger partial charge in [0.1, 0.15) is 25.3 Å². The molecule has 0 amide bonds. The van der Waals surface area contributed by atoms with Gasteiger partial charge in [-0.2, -0.15) is 0 Å². The van der Waals surface area contributed by atoms with Crippen LogP contribution in [0, 0.1) is 13.8 Å². The topological polar surface area (TPSA) is 38.7 Å². The number of aryl methyl sites for hydroxylation is 2. The molecule has 124 valence electrons. The van der Waals surface area contributed by atoms with E-state index in [9.17, 15) is 5.11 Å². The number of benzene rings is 2. The molecule has 2 aromatic carbocycles. The first-order valence-corrected chi connectivity index (χ1v) is 11.2. The van der Waals surface area contributed by atoms with Crippen molar-refractivity contribution in [3.05, 3.63) is 47.5 Å². The molecule has 1 N–H and O–H groups in total. The second-order valence-electron chi connectivity index (χ2n) is 6.54. The van der Waals surface area contributed by atoms with Gasteiger partial charge in [-0.15, -0.1) is 0 Å². The lowest BCUT2D eigenvalue weighted by Gasteiger charge is -2.24. The fourth-order valence-electron chi connectivity index (χ4n) is 2.52. The van der Waals surface area contributed by atoms with Crippen LogP contribution in [0.2, 0.25) is 13.1 Å². The van der Waals surface area contributed by atoms with Crippen molar-refractivity contribution in [1.29, 1.82) is 0 Å². The van der Waals surface area contributed by atoms with Crippen molar-refractivity contribution in [2.75, 3.05) is 12.8 Å². The van der Waals surface area contributed by atoms with E-state index in [0.29, 0.717) is 18.6 Å². The monoisotopic (exact) mass is 330 g/mol. The molecule has 0 radical (unpaired) electrons. The van der Waals surface area contributed by atoms with Gasteiger partial charge in [0.05, 0.1) is 12.8 Å². The van der Waals surface area contributed by atoms with Crippen molar-refractivity contribution in [2.24, 2.45) is 0 Å². The fraction of sp³-hybridized carbons (Fsp3) is 0.368. The molecule has 0 fully saturated rings. The van der Waals surface area contributed by atoms with E-state index in [0.717, 1.165) is 22.6 Å². The molecule has 0 heterocycles. The van der Waals surface area contributed by atoms with E-state index >= 15 is 0 Å². The van der Waals surface area contributed by atoms with Crippen molar-refractivity contribution in [1.82, 2.24) is 0 Å². The standard InChI is InChI=1S/C19H26O3Si/c1-6-21-16-7-9-18(10-8-16)23(4,5)13-22-17-11-14(2)19(20)15(3)12-17/h7-12,20H,6,13H2,1-5H3. The van der Waals surface area contributed by atoms with Gasteiger partial charge in [0, 0.05) is 0 Å². The normalized spacial score (nSPS) is 11.3. The third-order valence-electron chi connectivity index (χ3n) is 4.01. The minimum Gasteiger partial charge on any atom is -0.507 e. The summed E-state index contributed by atoms with van der Waals surface area (Å²) in [5.74, 6) is 2.08. The molecular weight excluding hydrogens is 304 g/mol. The highest BCUT2D eigenvalue weighted by molar-refractivity contribution is 6.89. The molecule has 0 saturated heterocycles. The molecule has 0 atom stereocenters. The Labute approximate surface area is 139 Å². The zero-order valence-electron chi connectivity index (χ0n) is 14.6. The second-order valence-corrected chi connectivity index (χ2v) is 11.2. The Hall–Kier alpha value is -1.94. The number of hydrogen-bond acceptors (Lipinski definition) is 3. The SMILES string of the molecule is CCOc1ccc([Si](C)(C)COc2cc(C)c(O)c(C)c2)cc1. The predicted octanol–water partition coefficient (Wildman–Crippen LogP) is 3.94. The minimum absolute atomic E-state index is 0.348. The van der Waals surface area contributed by atoms with Gasteiger partial charge in [0.25, 0.3) is 0 Å². The smallest absolute Gasteiger partial charge is 0.124 e. The van der Waals surface area contributed by atoms with Gasteiger partial charge in [-0.05, 0) is 56.2 Å². The molecule has 3 nitrogen and oxygen atoms in total. The van der Waals surface area contributed by atoms with Crippen LogP contribution in [-0.4, -0.2) is 26.0 Å². The fourth-order valence-corrected chi connectivity index (χ4v) is 4.28. The number of hydrogen-bond donors (Lipinski definition) is 1. The number of rotatable bonds is 6. The van der Waals surface area contributed by atoms with E-state index in [4.69, 9.17) is 9.47 Å². The summed E-state index contributed by atoms with van der Waals surface area (Å²) >= 11 is 0. The number of phenolic OH excluding ortho intramolecular Hbond substituents is 1. The summed E-state index contributed by atoms with van der Waals surface area (Å²) in [5, 5.41) is 11.2. The summed E-state index contributed by atoms with van der Waals surface area (Å²) in [5.41, 5.74) is 1.70. The van der Waals surface area contributed by atoms with Gasteiger partial charge in [0.15, 0.2) is 0 Å². The summed E-state index contributed by atoms with van der Waals surface area (Å²) in [6.07, 6.45) is 0.699. The molecule has 0 aliphatic rings. The lowest BCUT2D eigenvalue weighted by molar-refractivity contribution is 0.340. The first-order valence-electron chi connectivity index (χ1n) is 8.00. The van der Waals surface area contributed by atoms with Gasteiger partial charge < -0.3 is 14.6 Å². The Morgan fingerprint density at radius 1 is 0.913 bits per heavy atom. The van der Waals surface area contributed by atoms with E-state index in [1.54, 1.807) is 0 Å². The zero-order valence-corrected chi connectivity index (χ0v) is 15.6. The van der Waals surface area contributed by atoms with E-state index in [1.165, 1.54) is 5.19 Å². The molecule has 0 saturated carbocycles. The Morgan fingerprint density at radius 2 is 1.48 bits per heavy atom. The third-order valence-corrected chi connectivity index (χ3v) is 6.77. The predicted molar refractivity (Wildman–Crippen MR) is 97.8 cm³/mol. The molecule has 4 heteroatoms. The zero-order chi connectivity index (χ0) is 17.0. The van der Waals surface area contributed by atoms with Crippen molar-refractivity contribution in [3.63, 3.8) is 0 Å². The van der Waals surface area contributed by atoms with E-state index in [2.05, 4.69) is 25.2 Å². The number of phenols is 1.